The van der Waals surface area contributed by atoms with Crippen LogP contribution in [0.5, 0.6) is 0 Å². The number of carbonyl (C=O) groups is 1. The molecule has 31 heavy (non-hydrogen) atoms. The van der Waals surface area contributed by atoms with Crippen molar-refractivity contribution in [2.24, 2.45) is 0 Å². The minimum atomic E-state index is -0.240. The molecule has 0 unspecified atom stereocenters. The van der Waals surface area contributed by atoms with Gasteiger partial charge in [0.15, 0.2) is 0 Å². The van der Waals surface area contributed by atoms with Crippen molar-refractivity contribution in [2.45, 2.75) is 19.1 Å². The lowest BCUT2D eigenvalue weighted by atomic mass is 10.0. The van der Waals surface area contributed by atoms with E-state index in [9.17, 15) is 4.79 Å². The average Bonchev–Trinajstić information content (AvgIpc) is 3.23. The van der Waals surface area contributed by atoms with E-state index in [4.69, 9.17) is 11.6 Å². The van der Waals surface area contributed by atoms with E-state index in [1.165, 1.54) is 0 Å². The molecule has 5 rings (SSSR count). The van der Waals surface area contributed by atoms with Crippen LogP contribution in [0, 0.1) is 0 Å². The lowest BCUT2D eigenvalue weighted by Crippen LogP contribution is -2.41. The van der Waals surface area contributed by atoms with Crippen molar-refractivity contribution < 1.29 is 4.79 Å². The van der Waals surface area contributed by atoms with E-state index in [0.717, 1.165) is 28.1 Å². The van der Waals surface area contributed by atoms with Crippen LogP contribution in [0.1, 0.15) is 28.4 Å². The monoisotopic (exact) mass is 427 g/mol. The summed E-state index contributed by atoms with van der Waals surface area (Å²) in [6, 6.07) is 29.7. The van der Waals surface area contributed by atoms with Gasteiger partial charge in [0.05, 0.1) is 18.3 Å². The van der Waals surface area contributed by atoms with E-state index in [2.05, 4.69) is 34.3 Å². The van der Waals surface area contributed by atoms with Gasteiger partial charge < -0.3 is 14.8 Å². The molecular formula is C26H22ClN3O. The van der Waals surface area contributed by atoms with E-state index in [1.807, 2.05) is 77.7 Å². The van der Waals surface area contributed by atoms with Gasteiger partial charge in [-0.2, -0.15) is 0 Å². The normalized spacial score (nSPS) is 15.0. The van der Waals surface area contributed by atoms with Crippen LogP contribution < -0.4 is 5.32 Å². The van der Waals surface area contributed by atoms with Gasteiger partial charge in [-0.3, -0.25) is 0 Å². The average molecular weight is 428 g/mol. The van der Waals surface area contributed by atoms with Crippen molar-refractivity contribution in [1.82, 2.24) is 14.8 Å². The first-order chi connectivity index (χ1) is 15.2. The number of rotatable bonds is 3. The Morgan fingerprint density at radius 3 is 2.45 bits per heavy atom. The van der Waals surface area contributed by atoms with E-state index >= 15 is 0 Å². The van der Waals surface area contributed by atoms with E-state index < -0.39 is 0 Å². The molecule has 4 aromatic rings. The molecule has 2 amide bonds. The summed E-state index contributed by atoms with van der Waals surface area (Å²) in [5, 5.41) is 3.79. The zero-order valence-corrected chi connectivity index (χ0v) is 17.7. The smallest absolute Gasteiger partial charge is 0.318 e. The van der Waals surface area contributed by atoms with Crippen molar-refractivity contribution in [3.05, 3.63) is 125 Å². The van der Waals surface area contributed by atoms with E-state index in [0.29, 0.717) is 18.1 Å². The fourth-order valence-electron chi connectivity index (χ4n) is 4.21. The number of nitrogens with zero attached hydrogens (tertiary/aromatic N) is 2. The van der Waals surface area contributed by atoms with Gasteiger partial charge in [-0.1, -0.05) is 72.3 Å². The topological polar surface area (TPSA) is 37.3 Å². The van der Waals surface area contributed by atoms with Crippen LogP contribution in [0.3, 0.4) is 0 Å². The van der Waals surface area contributed by atoms with Gasteiger partial charge in [0, 0.05) is 23.5 Å². The lowest BCUT2D eigenvalue weighted by molar-refractivity contribution is 0.180. The van der Waals surface area contributed by atoms with Gasteiger partial charge >= 0.3 is 6.03 Å². The molecule has 0 spiro atoms. The summed E-state index contributed by atoms with van der Waals surface area (Å²) in [5.74, 6) is 0. The van der Waals surface area contributed by atoms with Crippen LogP contribution in [0.25, 0.3) is 5.69 Å². The van der Waals surface area contributed by atoms with Crippen LogP contribution in [0.4, 0.5) is 4.79 Å². The molecule has 3 aromatic carbocycles. The molecule has 2 heterocycles. The number of halogens is 1. The van der Waals surface area contributed by atoms with Crippen LogP contribution in [-0.4, -0.2) is 15.5 Å². The Bertz CT molecular complexity index is 1200. The summed E-state index contributed by atoms with van der Waals surface area (Å²) < 4.78 is 2.18. The largest absolute Gasteiger partial charge is 0.334 e. The maximum atomic E-state index is 13.5. The van der Waals surface area contributed by atoms with Crippen molar-refractivity contribution in [3.63, 3.8) is 0 Å². The van der Waals surface area contributed by atoms with E-state index in [1.54, 1.807) is 0 Å². The molecule has 0 bridgehead atoms. The second kappa shape index (κ2) is 8.32. The van der Waals surface area contributed by atoms with E-state index in [-0.39, 0.29) is 12.1 Å². The number of urea groups is 1. The third-order valence-corrected chi connectivity index (χ3v) is 5.95. The number of carbonyl (C=O) groups excluding carboxylic acids is 1. The maximum absolute atomic E-state index is 13.5. The quantitative estimate of drug-likeness (QED) is 0.431. The molecule has 1 N–H and O–H groups in total. The minimum absolute atomic E-state index is 0.103. The Hall–Kier alpha value is -3.50. The Labute approximate surface area is 186 Å². The van der Waals surface area contributed by atoms with Gasteiger partial charge in [0.1, 0.15) is 0 Å². The first-order valence-corrected chi connectivity index (χ1v) is 10.7. The summed E-state index contributed by atoms with van der Waals surface area (Å²) in [6.07, 6.45) is 2.06. The highest BCUT2D eigenvalue weighted by molar-refractivity contribution is 6.30. The zero-order chi connectivity index (χ0) is 21.2. The molecule has 0 fully saturated rings. The molecule has 1 atom stereocenters. The molecule has 1 aliphatic heterocycles. The molecule has 154 valence electrons. The first kappa shape index (κ1) is 19.5. The second-order valence-electron chi connectivity index (χ2n) is 7.66. The van der Waals surface area contributed by atoms with Crippen molar-refractivity contribution >= 4 is 17.6 Å². The predicted molar refractivity (Wildman–Crippen MR) is 123 cm³/mol. The molecule has 1 aromatic heterocycles. The standard InChI is InChI=1S/C26H22ClN3O/c27-22-14-12-20(13-15-22)25-24-11-6-16-29(24)23-10-5-4-9-21(23)18-30(25)26(31)28-17-19-7-2-1-3-8-19/h1-16,25H,17-18H2,(H,28,31)/t25-/m1/s1. The predicted octanol–water partition coefficient (Wildman–Crippen LogP) is 5.95. The summed E-state index contributed by atoms with van der Waals surface area (Å²) >= 11 is 6.15. The number of hydrogen-bond acceptors (Lipinski definition) is 1. The molecule has 0 saturated heterocycles. The Balaban J connectivity index is 1.56. The molecule has 0 radical (unpaired) electrons. The fourth-order valence-corrected chi connectivity index (χ4v) is 4.34. The highest BCUT2D eigenvalue weighted by Crippen LogP contribution is 2.36. The summed E-state index contributed by atoms with van der Waals surface area (Å²) in [5.41, 5.74) is 5.33. The van der Waals surface area contributed by atoms with Gasteiger partial charge in [-0.25, -0.2) is 4.79 Å². The Morgan fingerprint density at radius 1 is 0.903 bits per heavy atom. The number of fused-ring (bicyclic) bond motifs is 3. The molecule has 1 aliphatic rings. The van der Waals surface area contributed by atoms with Crippen molar-refractivity contribution in [2.75, 3.05) is 0 Å². The fraction of sp³-hybridized carbons (Fsp3) is 0.115. The molecular weight excluding hydrogens is 406 g/mol. The number of benzene rings is 3. The summed E-state index contributed by atoms with van der Waals surface area (Å²) in [7, 11) is 0. The Kier molecular flexibility index (Phi) is 5.23. The summed E-state index contributed by atoms with van der Waals surface area (Å²) in [4.78, 5) is 15.4. The highest BCUT2D eigenvalue weighted by atomic mass is 35.5. The number of aromatic nitrogens is 1. The number of hydrogen-bond donors (Lipinski definition) is 1. The lowest BCUT2D eigenvalue weighted by Gasteiger charge is -2.31. The first-order valence-electron chi connectivity index (χ1n) is 10.3. The number of para-hydroxylation sites is 1. The second-order valence-corrected chi connectivity index (χ2v) is 8.09. The maximum Gasteiger partial charge on any atom is 0.318 e. The third kappa shape index (κ3) is 3.82. The van der Waals surface area contributed by atoms with Gasteiger partial charge in [-0.15, -0.1) is 0 Å². The summed E-state index contributed by atoms with van der Waals surface area (Å²) in [6.45, 7) is 0.984. The molecule has 0 aliphatic carbocycles. The van der Waals surface area contributed by atoms with Crippen LogP contribution in [0.15, 0.2) is 97.2 Å². The van der Waals surface area contributed by atoms with Crippen LogP contribution in [-0.2, 0) is 13.1 Å². The van der Waals surface area contributed by atoms with Crippen LogP contribution in [0.2, 0.25) is 5.02 Å². The minimum Gasteiger partial charge on any atom is -0.334 e. The van der Waals surface area contributed by atoms with Gasteiger partial charge in [0.2, 0.25) is 0 Å². The molecule has 0 saturated carbocycles. The van der Waals surface area contributed by atoms with Gasteiger partial charge in [0.25, 0.3) is 0 Å². The van der Waals surface area contributed by atoms with Gasteiger partial charge in [-0.05, 0) is 47.0 Å². The SMILES string of the molecule is O=C(NCc1ccccc1)N1Cc2ccccc2-n2cccc2[C@H]1c1ccc(Cl)cc1. The third-order valence-electron chi connectivity index (χ3n) is 5.70. The zero-order valence-electron chi connectivity index (χ0n) is 16.9. The van der Waals surface area contributed by atoms with Crippen LogP contribution >= 0.6 is 11.6 Å². The highest BCUT2D eigenvalue weighted by Gasteiger charge is 2.32. The molecule has 5 heteroatoms. The Morgan fingerprint density at radius 2 is 1.65 bits per heavy atom. The number of amides is 2. The number of nitrogens with one attached hydrogen (secondary N) is 1. The molecule has 4 nitrogen and oxygen atoms in total. The van der Waals surface area contributed by atoms with Crippen molar-refractivity contribution in [1.29, 1.82) is 0 Å². The van der Waals surface area contributed by atoms with Crippen molar-refractivity contribution in [3.8, 4) is 5.69 Å².